The first-order chi connectivity index (χ1) is 10.7. The van der Waals surface area contributed by atoms with Crippen LogP contribution >= 0.6 is 0 Å². The zero-order valence-electron chi connectivity index (χ0n) is 11.9. The van der Waals surface area contributed by atoms with E-state index in [1.165, 1.54) is 7.11 Å². The molecular formula is C14H15FN6O. The molecule has 1 aromatic heterocycles. The summed E-state index contributed by atoms with van der Waals surface area (Å²) in [5.41, 5.74) is 16.4. The van der Waals surface area contributed by atoms with Crippen LogP contribution in [0.25, 0.3) is 21.6 Å². The Balaban J connectivity index is 2.26. The Morgan fingerprint density at radius 2 is 1.91 bits per heavy atom. The number of nitrogen functional groups attached to an aromatic ring is 1. The van der Waals surface area contributed by atoms with Crippen molar-refractivity contribution >= 4 is 5.95 Å². The number of halogens is 1. The number of hydrogen-bond acceptors (Lipinski definition) is 5. The van der Waals surface area contributed by atoms with Crippen molar-refractivity contribution in [3.05, 3.63) is 52.7 Å². The Kier molecular flexibility index (Phi) is 5.24. The lowest BCUT2D eigenvalue weighted by Crippen LogP contribution is -2.20. The fourth-order valence-corrected chi connectivity index (χ4v) is 2.11. The van der Waals surface area contributed by atoms with E-state index in [-0.39, 0.29) is 5.95 Å². The molecule has 2 N–H and O–H groups in total. The molecule has 0 bridgehead atoms. The van der Waals surface area contributed by atoms with Gasteiger partial charge in [-0.05, 0) is 16.7 Å². The van der Waals surface area contributed by atoms with Crippen LogP contribution in [0.4, 0.5) is 10.3 Å². The number of anilines is 1. The minimum absolute atomic E-state index is 0.208. The van der Waals surface area contributed by atoms with Gasteiger partial charge in [-0.2, -0.15) is 0 Å². The average Bonchev–Trinajstić information content (AvgIpc) is 2.56. The van der Waals surface area contributed by atoms with E-state index in [9.17, 15) is 4.39 Å². The Bertz CT molecular complexity index is 654. The van der Waals surface area contributed by atoms with E-state index in [2.05, 4.69) is 20.0 Å². The number of rotatable bonds is 6. The minimum Gasteiger partial charge on any atom is -0.376 e. The minimum atomic E-state index is -0.902. The highest BCUT2D eigenvalue weighted by Gasteiger charge is 2.22. The van der Waals surface area contributed by atoms with Crippen LogP contribution in [0.2, 0.25) is 0 Å². The summed E-state index contributed by atoms with van der Waals surface area (Å²) in [4.78, 5) is 10.5. The zero-order valence-corrected chi connectivity index (χ0v) is 11.9. The predicted octanol–water partition coefficient (Wildman–Crippen LogP) is 3.06. The number of alkyl halides is 1. The third-order valence-corrected chi connectivity index (χ3v) is 3.21. The molecule has 114 valence electrons. The van der Waals surface area contributed by atoms with Gasteiger partial charge in [0.05, 0.1) is 12.1 Å². The van der Waals surface area contributed by atoms with Gasteiger partial charge in [0.1, 0.15) is 6.67 Å². The molecule has 8 heteroatoms. The number of nitrogens with two attached hydrogens (primary N) is 1. The molecule has 22 heavy (non-hydrogen) atoms. The quantitative estimate of drug-likeness (QED) is 0.502. The summed E-state index contributed by atoms with van der Waals surface area (Å²) in [5.74, 6) is 0.208. The molecular weight excluding hydrogens is 287 g/mol. The lowest BCUT2D eigenvalue weighted by molar-refractivity contribution is 0.0722. The molecule has 0 radical (unpaired) electrons. The average molecular weight is 302 g/mol. The molecule has 0 saturated heterocycles. The Hall–Kier alpha value is -2.70. The number of aromatic nitrogens is 2. The lowest BCUT2D eigenvalue weighted by Gasteiger charge is -2.20. The van der Waals surface area contributed by atoms with Crippen molar-refractivity contribution in [2.75, 3.05) is 19.5 Å². The van der Waals surface area contributed by atoms with Crippen molar-refractivity contribution in [1.29, 1.82) is 0 Å². The second kappa shape index (κ2) is 7.35. The van der Waals surface area contributed by atoms with Crippen LogP contribution in [0.5, 0.6) is 0 Å². The molecule has 7 nitrogen and oxygen atoms in total. The van der Waals surface area contributed by atoms with Gasteiger partial charge in [-0.3, -0.25) is 4.39 Å². The lowest BCUT2D eigenvalue weighted by atomic mass is 10.00. The van der Waals surface area contributed by atoms with E-state index in [1.54, 1.807) is 24.5 Å². The van der Waals surface area contributed by atoms with Crippen LogP contribution in [0.3, 0.4) is 0 Å². The van der Waals surface area contributed by atoms with Crippen LogP contribution in [0, 0.1) is 0 Å². The maximum atomic E-state index is 13.0. The molecule has 0 unspecified atom stereocenters. The summed E-state index contributed by atoms with van der Waals surface area (Å²) in [6, 6.07) is 6.34. The van der Waals surface area contributed by atoms with Gasteiger partial charge in [0.15, 0.2) is 0 Å². The fraction of sp³-hybridized carbons (Fsp3) is 0.286. The number of ether oxygens (including phenoxy) is 1. The van der Waals surface area contributed by atoms with Gasteiger partial charge in [0, 0.05) is 30.0 Å². The summed E-state index contributed by atoms with van der Waals surface area (Å²) in [6.07, 6.45) is 2.60. The van der Waals surface area contributed by atoms with Crippen LogP contribution < -0.4 is 5.73 Å². The summed E-state index contributed by atoms with van der Waals surface area (Å²) >= 11 is 0. The monoisotopic (exact) mass is 302 g/mol. The molecule has 2 rings (SSSR count). The molecule has 1 heterocycles. The highest BCUT2D eigenvalue weighted by atomic mass is 19.1. The maximum absolute atomic E-state index is 13.0. The second-order valence-electron chi connectivity index (χ2n) is 4.53. The van der Waals surface area contributed by atoms with Crippen molar-refractivity contribution in [1.82, 2.24) is 9.97 Å². The number of methoxy groups -OCH3 is 1. The Morgan fingerprint density at radius 3 is 2.41 bits per heavy atom. The van der Waals surface area contributed by atoms with Gasteiger partial charge < -0.3 is 10.5 Å². The van der Waals surface area contributed by atoms with Crippen molar-refractivity contribution < 1.29 is 9.13 Å². The van der Waals surface area contributed by atoms with E-state index in [0.29, 0.717) is 0 Å². The van der Waals surface area contributed by atoms with Crippen LogP contribution in [-0.4, -0.2) is 29.8 Å². The number of hydrogen-bond donors (Lipinski definition) is 1. The zero-order chi connectivity index (χ0) is 15.9. The second-order valence-corrected chi connectivity index (χ2v) is 4.53. The molecule has 0 fully saturated rings. The molecule has 0 aliphatic rings. The third kappa shape index (κ3) is 3.49. The molecule has 0 amide bonds. The van der Waals surface area contributed by atoms with Gasteiger partial charge >= 0.3 is 0 Å². The molecule has 0 spiro atoms. The highest BCUT2D eigenvalue weighted by Crippen LogP contribution is 2.26. The number of nitrogens with zero attached hydrogens (tertiary/aromatic N) is 5. The van der Waals surface area contributed by atoms with Crippen LogP contribution in [0.1, 0.15) is 11.7 Å². The largest absolute Gasteiger partial charge is 0.376 e. The summed E-state index contributed by atoms with van der Waals surface area (Å²) < 4.78 is 18.2. The first-order valence-electron chi connectivity index (χ1n) is 6.50. The van der Waals surface area contributed by atoms with E-state index in [4.69, 9.17) is 16.0 Å². The molecule has 2 atom stereocenters. The van der Waals surface area contributed by atoms with Crippen LogP contribution in [-0.2, 0) is 4.74 Å². The molecule has 0 saturated carbocycles. The first kappa shape index (κ1) is 15.7. The maximum Gasteiger partial charge on any atom is 0.219 e. The first-order valence-corrected chi connectivity index (χ1v) is 6.50. The normalized spacial score (nSPS) is 13.2. The highest BCUT2D eigenvalue weighted by molar-refractivity contribution is 5.62. The standard InChI is InChI=1S/C14H15FN6O/c1-22-13(12(6-15)20-21-17)10-4-2-9(3-5-10)11-7-18-14(16)19-8-11/h2-5,7-8,12-13H,6H2,1H3,(H2,16,18,19)/t12-,13-/m1/s1. The molecule has 0 aliphatic carbocycles. The van der Waals surface area contributed by atoms with Gasteiger partial charge in [0.25, 0.3) is 0 Å². The van der Waals surface area contributed by atoms with Crippen molar-refractivity contribution in [3.8, 4) is 11.1 Å². The Labute approximate surface area is 126 Å². The molecule has 1 aromatic carbocycles. The van der Waals surface area contributed by atoms with E-state index >= 15 is 0 Å². The Morgan fingerprint density at radius 1 is 1.27 bits per heavy atom. The smallest absolute Gasteiger partial charge is 0.219 e. The van der Waals surface area contributed by atoms with E-state index in [0.717, 1.165) is 16.7 Å². The molecule has 0 aliphatic heterocycles. The van der Waals surface area contributed by atoms with Gasteiger partial charge in [-0.25, -0.2) is 9.97 Å². The molecule has 2 aromatic rings. The summed E-state index contributed by atoms with van der Waals surface area (Å²) in [7, 11) is 1.45. The SMILES string of the molecule is CO[C@H](c1ccc(-c2cnc(N)nc2)cc1)[C@@H](CF)N=[N+]=[N-]. The summed E-state index contributed by atoms with van der Waals surface area (Å²) in [5, 5.41) is 3.43. The van der Waals surface area contributed by atoms with E-state index in [1.807, 2.05) is 12.1 Å². The van der Waals surface area contributed by atoms with E-state index < -0.39 is 18.8 Å². The van der Waals surface area contributed by atoms with Gasteiger partial charge in [-0.15, -0.1) is 0 Å². The van der Waals surface area contributed by atoms with Crippen molar-refractivity contribution in [2.24, 2.45) is 5.11 Å². The summed E-state index contributed by atoms with van der Waals surface area (Å²) in [6.45, 7) is -0.796. The predicted molar refractivity (Wildman–Crippen MR) is 80.5 cm³/mol. The van der Waals surface area contributed by atoms with Crippen molar-refractivity contribution in [3.63, 3.8) is 0 Å². The van der Waals surface area contributed by atoms with Crippen molar-refractivity contribution in [2.45, 2.75) is 12.1 Å². The van der Waals surface area contributed by atoms with Crippen LogP contribution in [0.15, 0.2) is 41.8 Å². The fourth-order valence-electron chi connectivity index (χ4n) is 2.11. The van der Waals surface area contributed by atoms with Gasteiger partial charge in [-0.1, -0.05) is 29.4 Å². The van der Waals surface area contributed by atoms with Gasteiger partial charge in [0.2, 0.25) is 5.95 Å². The third-order valence-electron chi connectivity index (χ3n) is 3.21. The topological polar surface area (TPSA) is 110 Å². The number of azide groups is 1. The number of benzene rings is 1.